The normalized spacial score (nSPS) is 10.1. The van der Waals surface area contributed by atoms with E-state index in [9.17, 15) is 14.4 Å². The lowest BCUT2D eigenvalue weighted by Crippen LogP contribution is -2.15. The number of nitrogens with one attached hydrogen (secondary N) is 1. The van der Waals surface area contributed by atoms with Gasteiger partial charge in [-0.25, -0.2) is 14.6 Å². The van der Waals surface area contributed by atoms with Crippen LogP contribution in [-0.2, 0) is 9.47 Å². The molecule has 0 spiro atoms. The summed E-state index contributed by atoms with van der Waals surface area (Å²) in [4.78, 5) is 44.2. The lowest BCUT2D eigenvalue weighted by molar-refractivity contribution is 0.0531. The monoisotopic (exact) mass is 349 g/mol. The Balaban J connectivity index is 2.41. The number of ether oxygens (including phenoxy) is 2. The zero-order valence-corrected chi connectivity index (χ0v) is 14.1. The topological polar surface area (TPSA) is 107 Å². The molecule has 0 saturated heterocycles. The second-order valence-corrected chi connectivity index (χ2v) is 5.54. The SMILES string of the molecule is CCOC(=O)c1sc(NC(=O)c2cnccn2)c(C(=O)OC)c1C. The van der Waals surface area contributed by atoms with E-state index >= 15 is 0 Å². The van der Waals surface area contributed by atoms with Gasteiger partial charge in [-0.15, -0.1) is 11.3 Å². The zero-order valence-electron chi connectivity index (χ0n) is 13.3. The molecule has 0 radical (unpaired) electrons. The van der Waals surface area contributed by atoms with Crippen LogP contribution in [-0.4, -0.2) is 41.5 Å². The maximum Gasteiger partial charge on any atom is 0.348 e. The van der Waals surface area contributed by atoms with Gasteiger partial charge in [0.15, 0.2) is 0 Å². The molecule has 0 fully saturated rings. The molecule has 1 N–H and O–H groups in total. The number of methoxy groups -OCH3 is 1. The number of carbonyl (C=O) groups is 3. The van der Waals surface area contributed by atoms with E-state index in [1.165, 1.54) is 25.7 Å². The Morgan fingerprint density at radius 2 is 2.00 bits per heavy atom. The molecule has 0 unspecified atom stereocenters. The van der Waals surface area contributed by atoms with Crippen LogP contribution in [0.15, 0.2) is 18.6 Å². The van der Waals surface area contributed by atoms with E-state index in [1.54, 1.807) is 13.8 Å². The van der Waals surface area contributed by atoms with Gasteiger partial charge >= 0.3 is 11.9 Å². The van der Waals surface area contributed by atoms with Crippen LogP contribution in [0.4, 0.5) is 5.00 Å². The second-order valence-electron chi connectivity index (χ2n) is 4.52. The fourth-order valence-corrected chi connectivity index (χ4v) is 3.01. The van der Waals surface area contributed by atoms with Crippen molar-refractivity contribution in [2.45, 2.75) is 13.8 Å². The second kappa shape index (κ2) is 7.64. The highest BCUT2D eigenvalue weighted by Gasteiger charge is 2.27. The van der Waals surface area contributed by atoms with Crippen LogP contribution < -0.4 is 5.32 Å². The van der Waals surface area contributed by atoms with Gasteiger partial charge in [0.2, 0.25) is 0 Å². The fourth-order valence-electron chi connectivity index (χ4n) is 1.92. The lowest BCUT2D eigenvalue weighted by Gasteiger charge is -2.05. The van der Waals surface area contributed by atoms with E-state index in [2.05, 4.69) is 15.3 Å². The molecular weight excluding hydrogens is 334 g/mol. The summed E-state index contributed by atoms with van der Waals surface area (Å²) in [6.45, 7) is 3.47. The Hall–Kier alpha value is -2.81. The number of hydrogen-bond acceptors (Lipinski definition) is 8. The van der Waals surface area contributed by atoms with Crippen LogP contribution in [0.1, 0.15) is 43.0 Å². The third kappa shape index (κ3) is 3.57. The quantitative estimate of drug-likeness (QED) is 0.823. The predicted molar refractivity (Wildman–Crippen MR) is 86.3 cm³/mol. The summed E-state index contributed by atoms with van der Waals surface area (Å²) in [5, 5.41) is 2.76. The number of carbonyl (C=O) groups excluding carboxylic acids is 3. The molecule has 0 aromatic carbocycles. The summed E-state index contributed by atoms with van der Waals surface area (Å²) in [6.07, 6.45) is 4.10. The molecule has 9 heteroatoms. The molecule has 1 amide bonds. The van der Waals surface area contributed by atoms with Crippen molar-refractivity contribution in [3.8, 4) is 0 Å². The minimum absolute atomic E-state index is 0.0806. The van der Waals surface area contributed by atoms with Crippen LogP contribution in [0.25, 0.3) is 0 Å². The number of hydrogen-bond donors (Lipinski definition) is 1. The van der Waals surface area contributed by atoms with Crippen LogP contribution in [0.5, 0.6) is 0 Å². The van der Waals surface area contributed by atoms with Gasteiger partial charge in [0.1, 0.15) is 15.6 Å². The van der Waals surface area contributed by atoms with Gasteiger partial charge in [0.25, 0.3) is 5.91 Å². The molecule has 2 aromatic heterocycles. The van der Waals surface area contributed by atoms with Crippen molar-refractivity contribution in [2.75, 3.05) is 19.0 Å². The minimum atomic E-state index is -0.659. The first-order valence-corrected chi connectivity index (χ1v) is 7.77. The number of nitrogens with zero attached hydrogens (tertiary/aromatic N) is 2. The summed E-state index contributed by atoms with van der Waals surface area (Å²) in [6, 6.07) is 0. The first kappa shape index (κ1) is 17.5. The van der Waals surface area contributed by atoms with Crippen LogP contribution >= 0.6 is 11.3 Å². The molecule has 8 nitrogen and oxygen atoms in total. The largest absolute Gasteiger partial charge is 0.465 e. The van der Waals surface area contributed by atoms with Crippen molar-refractivity contribution in [3.05, 3.63) is 40.3 Å². The third-order valence-corrected chi connectivity index (χ3v) is 4.21. The molecule has 0 aliphatic carbocycles. The highest BCUT2D eigenvalue weighted by Crippen LogP contribution is 2.34. The Bertz CT molecular complexity index is 773. The third-order valence-electron chi connectivity index (χ3n) is 3.02. The molecule has 2 rings (SSSR count). The number of thiophene rings is 1. The maximum absolute atomic E-state index is 12.2. The van der Waals surface area contributed by atoms with Crippen LogP contribution in [0, 0.1) is 6.92 Å². The van der Waals surface area contributed by atoms with Gasteiger partial charge in [-0.1, -0.05) is 0 Å². The zero-order chi connectivity index (χ0) is 17.7. The van der Waals surface area contributed by atoms with Crippen molar-refractivity contribution in [1.82, 2.24) is 9.97 Å². The Labute approximate surface area is 141 Å². The molecule has 2 aromatic rings. The Morgan fingerprint density at radius 3 is 2.58 bits per heavy atom. The smallest absolute Gasteiger partial charge is 0.348 e. The summed E-state index contributed by atoms with van der Waals surface area (Å²) in [5.74, 6) is -1.77. The molecule has 0 aliphatic rings. The highest BCUT2D eigenvalue weighted by molar-refractivity contribution is 7.18. The lowest BCUT2D eigenvalue weighted by atomic mass is 10.1. The van der Waals surface area contributed by atoms with Gasteiger partial charge < -0.3 is 14.8 Å². The van der Waals surface area contributed by atoms with Crippen molar-refractivity contribution in [2.24, 2.45) is 0 Å². The van der Waals surface area contributed by atoms with E-state index in [-0.39, 0.29) is 27.7 Å². The standard InChI is InChI=1S/C15H15N3O5S/c1-4-23-15(21)11-8(2)10(14(20)22-3)13(24-11)18-12(19)9-7-16-5-6-17-9/h5-7H,4H2,1-3H3,(H,18,19). The summed E-state index contributed by atoms with van der Waals surface area (Å²) in [7, 11) is 1.22. The molecule has 0 bridgehead atoms. The van der Waals surface area contributed by atoms with Gasteiger partial charge in [0, 0.05) is 12.4 Å². The average Bonchev–Trinajstić information content (AvgIpc) is 2.91. The number of anilines is 1. The molecule has 0 saturated carbocycles. The Morgan fingerprint density at radius 1 is 1.25 bits per heavy atom. The number of aromatic nitrogens is 2. The van der Waals surface area contributed by atoms with Crippen molar-refractivity contribution >= 4 is 34.2 Å². The predicted octanol–water partition coefficient (Wildman–Crippen LogP) is 2.06. The number of amides is 1. The van der Waals surface area contributed by atoms with Crippen molar-refractivity contribution < 1.29 is 23.9 Å². The van der Waals surface area contributed by atoms with Gasteiger partial charge in [0.05, 0.1) is 25.5 Å². The van der Waals surface area contributed by atoms with Gasteiger partial charge in [-0.05, 0) is 19.4 Å². The summed E-state index contributed by atoms with van der Waals surface area (Å²) < 4.78 is 9.70. The first-order chi connectivity index (χ1) is 11.5. The molecule has 0 aliphatic heterocycles. The molecular formula is C15H15N3O5S. The highest BCUT2D eigenvalue weighted by atomic mass is 32.1. The average molecular weight is 349 g/mol. The molecule has 126 valence electrons. The first-order valence-electron chi connectivity index (χ1n) is 6.95. The maximum atomic E-state index is 12.2. The van der Waals surface area contributed by atoms with Gasteiger partial charge in [-0.3, -0.25) is 9.78 Å². The van der Waals surface area contributed by atoms with Crippen LogP contribution in [0.2, 0.25) is 0 Å². The number of rotatable bonds is 5. The molecule has 2 heterocycles. The van der Waals surface area contributed by atoms with E-state index in [0.29, 0.717) is 5.56 Å². The molecule has 24 heavy (non-hydrogen) atoms. The van der Waals surface area contributed by atoms with E-state index in [0.717, 1.165) is 11.3 Å². The molecule has 0 atom stereocenters. The summed E-state index contributed by atoms with van der Waals surface area (Å²) >= 11 is 0.945. The van der Waals surface area contributed by atoms with E-state index in [1.807, 2.05) is 0 Å². The number of esters is 2. The van der Waals surface area contributed by atoms with Crippen molar-refractivity contribution in [3.63, 3.8) is 0 Å². The van der Waals surface area contributed by atoms with E-state index in [4.69, 9.17) is 9.47 Å². The Kier molecular flexibility index (Phi) is 5.59. The van der Waals surface area contributed by atoms with Gasteiger partial charge in [-0.2, -0.15) is 0 Å². The minimum Gasteiger partial charge on any atom is -0.465 e. The van der Waals surface area contributed by atoms with E-state index < -0.39 is 17.8 Å². The fraction of sp³-hybridized carbons (Fsp3) is 0.267. The van der Waals surface area contributed by atoms with Crippen LogP contribution in [0.3, 0.4) is 0 Å². The summed E-state index contributed by atoms with van der Waals surface area (Å²) in [5.41, 5.74) is 0.583. The van der Waals surface area contributed by atoms with Crippen molar-refractivity contribution in [1.29, 1.82) is 0 Å².